The van der Waals surface area contributed by atoms with Crippen LogP contribution in [0.5, 0.6) is 0 Å². The van der Waals surface area contributed by atoms with E-state index in [1.807, 2.05) is 24.3 Å². The maximum Gasteiger partial charge on any atom is 0.255 e. The highest BCUT2D eigenvalue weighted by atomic mass is 16.3. The van der Waals surface area contributed by atoms with E-state index < -0.39 is 0 Å². The number of fused-ring (bicyclic) bond motifs is 1. The highest BCUT2D eigenvalue weighted by molar-refractivity contribution is 6.05. The number of carbonyl (C=O) groups is 1. The van der Waals surface area contributed by atoms with Crippen molar-refractivity contribution in [2.24, 2.45) is 0 Å². The number of benzene rings is 1. The summed E-state index contributed by atoms with van der Waals surface area (Å²) in [6.07, 6.45) is 2.86. The molecule has 0 bridgehead atoms. The van der Waals surface area contributed by atoms with E-state index in [0.29, 0.717) is 23.5 Å². The van der Waals surface area contributed by atoms with Crippen LogP contribution in [-0.2, 0) is 6.54 Å². The molecule has 1 amide bonds. The van der Waals surface area contributed by atoms with Crippen molar-refractivity contribution in [3.05, 3.63) is 48.2 Å². The van der Waals surface area contributed by atoms with Crippen LogP contribution >= 0.6 is 0 Å². The van der Waals surface area contributed by atoms with E-state index in [1.165, 1.54) is 12.6 Å². The molecule has 0 radical (unpaired) electrons. The Hall–Kier alpha value is -2.63. The number of furan rings is 1. The second-order valence-electron chi connectivity index (χ2n) is 3.76. The van der Waals surface area contributed by atoms with Gasteiger partial charge in [0.15, 0.2) is 0 Å². The van der Waals surface area contributed by atoms with Crippen molar-refractivity contribution in [2.75, 3.05) is 0 Å². The molecule has 2 aromatic heterocycles. The van der Waals surface area contributed by atoms with Crippen molar-refractivity contribution in [3.63, 3.8) is 0 Å². The second kappa shape index (κ2) is 4.33. The van der Waals surface area contributed by atoms with Crippen molar-refractivity contribution in [1.29, 1.82) is 0 Å². The lowest BCUT2D eigenvalue weighted by Gasteiger charge is -2.00. The smallest absolute Gasteiger partial charge is 0.255 e. The molecule has 0 saturated carbocycles. The first kappa shape index (κ1) is 10.5. The minimum absolute atomic E-state index is 0.198. The number of para-hydroxylation sites is 1. The maximum atomic E-state index is 12.0. The molecule has 0 spiro atoms. The molecule has 3 rings (SSSR count). The molecule has 0 aliphatic carbocycles. The van der Waals surface area contributed by atoms with Crippen LogP contribution in [-0.4, -0.2) is 21.1 Å². The van der Waals surface area contributed by atoms with Crippen molar-refractivity contribution in [1.82, 2.24) is 20.5 Å². The molecule has 0 saturated heterocycles. The van der Waals surface area contributed by atoms with E-state index >= 15 is 0 Å². The molecule has 1 aromatic carbocycles. The third-order valence-electron chi connectivity index (χ3n) is 2.61. The largest absolute Gasteiger partial charge is 0.463 e. The molecule has 2 N–H and O–H groups in total. The Bertz CT molecular complexity index is 672. The van der Waals surface area contributed by atoms with Gasteiger partial charge < -0.3 is 9.73 Å². The van der Waals surface area contributed by atoms with E-state index in [0.717, 1.165) is 5.39 Å². The van der Waals surface area contributed by atoms with Gasteiger partial charge in [-0.2, -0.15) is 5.10 Å². The number of aromatic amines is 1. The Morgan fingerprint density at radius 3 is 3.11 bits per heavy atom. The van der Waals surface area contributed by atoms with Crippen LogP contribution in [0.1, 0.15) is 16.2 Å². The summed E-state index contributed by atoms with van der Waals surface area (Å²) in [5.41, 5.74) is 1.22. The van der Waals surface area contributed by atoms with E-state index in [2.05, 4.69) is 20.5 Å². The lowest BCUT2D eigenvalue weighted by atomic mass is 10.1. The first-order chi connectivity index (χ1) is 8.84. The predicted molar refractivity (Wildman–Crippen MR) is 63.8 cm³/mol. The summed E-state index contributed by atoms with van der Waals surface area (Å²) >= 11 is 0. The molecule has 6 nitrogen and oxygen atoms in total. The zero-order valence-electron chi connectivity index (χ0n) is 9.38. The molecular formula is C12H10N4O2. The number of amides is 1. The molecule has 0 fully saturated rings. The zero-order valence-corrected chi connectivity index (χ0v) is 9.38. The molecule has 6 heteroatoms. The average molecular weight is 242 g/mol. The summed E-state index contributed by atoms with van der Waals surface area (Å²) in [5, 5.41) is 9.93. The van der Waals surface area contributed by atoms with Crippen LogP contribution in [0, 0.1) is 0 Å². The number of nitrogens with one attached hydrogen (secondary N) is 2. The summed E-state index contributed by atoms with van der Waals surface area (Å²) in [6, 6.07) is 7.40. The summed E-state index contributed by atoms with van der Waals surface area (Å²) in [4.78, 5) is 15.9. The third kappa shape index (κ3) is 1.84. The standard InChI is InChI=1S/C12H10N4O2/c17-12(13-5-11-14-7-15-16-11)9-6-18-10-4-2-1-3-8(9)10/h1-4,6-7H,5H2,(H,13,17)(H,14,15,16). The van der Waals surface area contributed by atoms with Crippen LogP contribution < -0.4 is 5.32 Å². The molecule has 0 atom stereocenters. The van der Waals surface area contributed by atoms with Gasteiger partial charge in [-0.1, -0.05) is 18.2 Å². The number of rotatable bonds is 3. The quantitative estimate of drug-likeness (QED) is 0.728. The average Bonchev–Trinajstić information content (AvgIpc) is 3.05. The highest BCUT2D eigenvalue weighted by Gasteiger charge is 2.13. The molecule has 0 aliphatic heterocycles. The first-order valence-corrected chi connectivity index (χ1v) is 5.43. The normalized spacial score (nSPS) is 10.7. The van der Waals surface area contributed by atoms with Crippen LogP contribution in [0.4, 0.5) is 0 Å². The van der Waals surface area contributed by atoms with Crippen LogP contribution in [0.2, 0.25) is 0 Å². The van der Waals surface area contributed by atoms with Crippen molar-refractivity contribution >= 4 is 16.9 Å². The van der Waals surface area contributed by atoms with Crippen LogP contribution in [0.3, 0.4) is 0 Å². The topological polar surface area (TPSA) is 83.8 Å². The Morgan fingerprint density at radius 1 is 1.39 bits per heavy atom. The summed E-state index contributed by atoms with van der Waals surface area (Å²) < 4.78 is 5.31. The highest BCUT2D eigenvalue weighted by Crippen LogP contribution is 2.20. The van der Waals surface area contributed by atoms with E-state index in [-0.39, 0.29) is 5.91 Å². The number of hydrogen-bond donors (Lipinski definition) is 2. The Kier molecular flexibility index (Phi) is 2.53. The fourth-order valence-electron chi connectivity index (χ4n) is 1.73. The van der Waals surface area contributed by atoms with E-state index in [1.54, 1.807) is 0 Å². The summed E-state index contributed by atoms with van der Waals surface area (Å²) in [5.74, 6) is 0.410. The SMILES string of the molecule is O=C(NCc1ncn[nH]1)c1coc2ccccc12. The Labute approximate surface area is 102 Å². The monoisotopic (exact) mass is 242 g/mol. The van der Waals surface area contributed by atoms with Gasteiger partial charge in [0.2, 0.25) is 0 Å². The lowest BCUT2D eigenvalue weighted by Crippen LogP contribution is -2.23. The Balaban J connectivity index is 1.80. The molecular weight excluding hydrogens is 232 g/mol. The van der Waals surface area contributed by atoms with Gasteiger partial charge in [-0.15, -0.1) is 0 Å². The molecule has 0 unspecified atom stereocenters. The van der Waals surface area contributed by atoms with Crippen LogP contribution in [0.15, 0.2) is 41.3 Å². The van der Waals surface area contributed by atoms with Crippen molar-refractivity contribution in [2.45, 2.75) is 6.54 Å². The molecule has 18 heavy (non-hydrogen) atoms. The van der Waals surface area contributed by atoms with Gasteiger partial charge in [-0.05, 0) is 6.07 Å². The summed E-state index contributed by atoms with van der Waals surface area (Å²) in [7, 11) is 0. The van der Waals surface area contributed by atoms with E-state index in [4.69, 9.17) is 4.42 Å². The predicted octanol–water partition coefficient (Wildman–Crippen LogP) is 1.48. The van der Waals surface area contributed by atoms with Gasteiger partial charge in [0.25, 0.3) is 5.91 Å². The third-order valence-corrected chi connectivity index (χ3v) is 2.61. The number of hydrogen-bond acceptors (Lipinski definition) is 4. The fourth-order valence-corrected chi connectivity index (χ4v) is 1.73. The van der Waals surface area contributed by atoms with Gasteiger partial charge in [-0.3, -0.25) is 9.89 Å². The molecule has 0 aliphatic rings. The van der Waals surface area contributed by atoms with E-state index in [9.17, 15) is 4.79 Å². The number of aromatic nitrogens is 3. The Morgan fingerprint density at radius 2 is 2.28 bits per heavy atom. The second-order valence-corrected chi connectivity index (χ2v) is 3.76. The summed E-state index contributed by atoms with van der Waals surface area (Å²) in [6.45, 7) is 0.304. The fraction of sp³-hybridized carbons (Fsp3) is 0.0833. The zero-order chi connectivity index (χ0) is 12.4. The number of carbonyl (C=O) groups excluding carboxylic acids is 1. The molecule has 3 aromatic rings. The minimum Gasteiger partial charge on any atom is -0.463 e. The maximum absolute atomic E-state index is 12.0. The first-order valence-electron chi connectivity index (χ1n) is 5.43. The van der Waals surface area contributed by atoms with Crippen LogP contribution in [0.25, 0.3) is 11.0 Å². The van der Waals surface area contributed by atoms with Gasteiger partial charge in [0.05, 0.1) is 12.1 Å². The minimum atomic E-state index is -0.198. The van der Waals surface area contributed by atoms with Gasteiger partial charge >= 0.3 is 0 Å². The van der Waals surface area contributed by atoms with Crippen molar-refractivity contribution < 1.29 is 9.21 Å². The molecule has 90 valence electrons. The molecule has 2 heterocycles. The van der Waals surface area contributed by atoms with Crippen molar-refractivity contribution in [3.8, 4) is 0 Å². The van der Waals surface area contributed by atoms with Gasteiger partial charge in [-0.25, -0.2) is 4.98 Å². The van der Waals surface area contributed by atoms with Gasteiger partial charge in [0.1, 0.15) is 24.0 Å². The number of H-pyrrole nitrogens is 1. The number of nitrogens with zero attached hydrogens (tertiary/aromatic N) is 2. The lowest BCUT2D eigenvalue weighted by molar-refractivity contribution is 0.0950. The van der Waals surface area contributed by atoms with Gasteiger partial charge in [0, 0.05) is 5.39 Å².